The number of hydrogen-bond donors (Lipinski definition) is 0. The Morgan fingerprint density at radius 3 is 1.94 bits per heavy atom. The minimum Gasteiger partial charge on any atom is -0.456 e. The Kier molecular flexibility index (Phi) is 6.05. The zero-order chi connectivity index (χ0) is 31.6. The first-order valence-electron chi connectivity index (χ1n) is 16.1. The van der Waals surface area contributed by atoms with Crippen molar-refractivity contribution < 1.29 is 4.74 Å². The van der Waals surface area contributed by atoms with Crippen LogP contribution in [0.15, 0.2) is 158 Å². The molecule has 48 heavy (non-hydrogen) atoms. The van der Waals surface area contributed by atoms with Gasteiger partial charge in [0.2, 0.25) is 0 Å². The van der Waals surface area contributed by atoms with Crippen molar-refractivity contribution in [2.24, 2.45) is 0 Å². The lowest BCUT2D eigenvalue weighted by Gasteiger charge is -2.23. The fourth-order valence-electron chi connectivity index (χ4n) is 7.01. The molecule has 0 amide bonds. The highest BCUT2D eigenvalue weighted by molar-refractivity contribution is 7.26. The second-order valence-corrected chi connectivity index (χ2v) is 13.2. The average molecular weight is 631 g/mol. The Balaban J connectivity index is 1.15. The van der Waals surface area contributed by atoms with Crippen LogP contribution in [0.3, 0.4) is 0 Å². The van der Waals surface area contributed by atoms with Crippen molar-refractivity contribution in [1.29, 1.82) is 0 Å². The second kappa shape index (κ2) is 10.7. The van der Waals surface area contributed by atoms with Gasteiger partial charge < -0.3 is 4.74 Å². The molecule has 10 rings (SSSR count). The summed E-state index contributed by atoms with van der Waals surface area (Å²) in [5.41, 5.74) is 10.9. The zero-order valence-electron chi connectivity index (χ0n) is 25.7. The van der Waals surface area contributed by atoms with Gasteiger partial charge in [0.1, 0.15) is 11.5 Å². The third-order valence-corrected chi connectivity index (χ3v) is 10.5. The van der Waals surface area contributed by atoms with Crippen LogP contribution in [0.2, 0.25) is 0 Å². The van der Waals surface area contributed by atoms with Crippen molar-refractivity contribution in [3.63, 3.8) is 0 Å². The number of benzene rings is 7. The molecule has 0 fully saturated rings. The molecule has 3 nitrogen and oxygen atoms in total. The normalized spacial score (nSPS) is 11.9. The van der Waals surface area contributed by atoms with E-state index in [0.717, 1.165) is 60.4 Å². The Morgan fingerprint density at radius 2 is 1.10 bits per heavy atom. The minimum absolute atomic E-state index is 0.701. The lowest BCUT2D eigenvalue weighted by atomic mass is 9.90. The van der Waals surface area contributed by atoms with Crippen LogP contribution >= 0.6 is 11.3 Å². The van der Waals surface area contributed by atoms with E-state index in [0.29, 0.717) is 5.82 Å². The SMILES string of the molecule is c1ccc(-c2ccc(-c3nc(-c4ccc5c(c4)-c4cccc6c(-c7ccccc7)ccc(c46)O5)nc4c3sc3ccccc34)cc2)cc1. The molecule has 4 heteroatoms. The van der Waals surface area contributed by atoms with Gasteiger partial charge in [-0.2, -0.15) is 0 Å². The van der Waals surface area contributed by atoms with Gasteiger partial charge in [-0.1, -0.05) is 127 Å². The van der Waals surface area contributed by atoms with E-state index >= 15 is 0 Å². The van der Waals surface area contributed by atoms with Crippen molar-refractivity contribution >= 4 is 42.4 Å². The standard InChI is InChI=1S/C44H26N2OS/c1-3-10-27(11-4-1)28-18-20-30(21-19-28)41-43-42(35-14-7-8-17-39(35)48-43)46-44(45-41)31-22-24-37-36(26-31)34-16-9-15-33-32(29-12-5-2-6-13-29)23-25-38(47-37)40(33)34/h1-26H. The maximum absolute atomic E-state index is 6.55. The first-order valence-corrected chi connectivity index (χ1v) is 16.9. The van der Waals surface area contributed by atoms with Crippen LogP contribution in [0.5, 0.6) is 11.5 Å². The van der Waals surface area contributed by atoms with Gasteiger partial charge in [0.15, 0.2) is 5.82 Å². The van der Waals surface area contributed by atoms with Gasteiger partial charge in [0.05, 0.1) is 15.9 Å². The lowest BCUT2D eigenvalue weighted by Crippen LogP contribution is -1.99. The van der Waals surface area contributed by atoms with Crippen LogP contribution in [0.4, 0.5) is 0 Å². The molecule has 3 heterocycles. The summed E-state index contributed by atoms with van der Waals surface area (Å²) >= 11 is 1.75. The minimum atomic E-state index is 0.701. The maximum Gasteiger partial charge on any atom is 0.160 e. The average Bonchev–Trinajstić information content (AvgIpc) is 3.54. The number of ether oxygens (including phenoxy) is 1. The quantitative estimate of drug-likeness (QED) is 0.194. The van der Waals surface area contributed by atoms with Gasteiger partial charge in [0.25, 0.3) is 0 Å². The summed E-state index contributed by atoms with van der Waals surface area (Å²) in [4.78, 5) is 10.5. The topological polar surface area (TPSA) is 35.0 Å². The van der Waals surface area contributed by atoms with Crippen molar-refractivity contribution in [2.45, 2.75) is 0 Å². The van der Waals surface area contributed by atoms with Crippen LogP contribution in [0.1, 0.15) is 0 Å². The van der Waals surface area contributed by atoms with Gasteiger partial charge in [-0.05, 0) is 63.5 Å². The van der Waals surface area contributed by atoms with E-state index in [-0.39, 0.29) is 0 Å². The van der Waals surface area contributed by atoms with E-state index < -0.39 is 0 Å². The Morgan fingerprint density at radius 1 is 0.438 bits per heavy atom. The summed E-state index contributed by atoms with van der Waals surface area (Å²) in [6.45, 7) is 0. The molecule has 0 radical (unpaired) electrons. The third kappa shape index (κ3) is 4.27. The van der Waals surface area contributed by atoms with Crippen molar-refractivity contribution in [2.75, 3.05) is 0 Å². The molecule has 0 unspecified atom stereocenters. The Bertz CT molecular complexity index is 2680. The van der Waals surface area contributed by atoms with Crippen LogP contribution in [0.25, 0.3) is 87.1 Å². The molecule has 1 aliphatic rings. The Hall–Kier alpha value is -6.10. The van der Waals surface area contributed by atoms with Crippen molar-refractivity contribution in [3.8, 4) is 67.5 Å². The van der Waals surface area contributed by atoms with Crippen LogP contribution in [-0.4, -0.2) is 9.97 Å². The molecule has 0 atom stereocenters. The molecule has 0 aliphatic carbocycles. The second-order valence-electron chi connectivity index (χ2n) is 12.1. The smallest absolute Gasteiger partial charge is 0.160 e. The number of fused-ring (bicyclic) bond motifs is 5. The van der Waals surface area contributed by atoms with Crippen LogP contribution < -0.4 is 4.74 Å². The highest BCUT2D eigenvalue weighted by Crippen LogP contribution is 2.49. The maximum atomic E-state index is 6.55. The van der Waals surface area contributed by atoms with E-state index in [1.165, 1.54) is 32.3 Å². The molecule has 0 spiro atoms. The molecule has 0 bridgehead atoms. The molecule has 0 N–H and O–H groups in total. The summed E-state index contributed by atoms with van der Waals surface area (Å²) in [7, 11) is 0. The number of hydrogen-bond acceptors (Lipinski definition) is 4. The van der Waals surface area contributed by atoms with Crippen molar-refractivity contribution in [1.82, 2.24) is 9.97 Å². The molecular formula is C44H26N2OS. The van der Waals surface area contributed by atoms with Gasteiger partial charge in [-0.3, -0.25) is 0 Å². The molecule has 0 saturated carbocycles. The fourth-order valence-corrected chi connectivity index (χ4v) is 8.16. The predicted octanol–water partition coefficient (Wildman–Crippen LogP) is 12.4. The Labute approximate surface area is 281 Å². The van der Waals surface area contributed by atoms with Crippen LogP contribution in [-0.2, 0) is 0 Å². The van der Waals surface area contributed by atoms with Crippen LogP contribution in [0, 0.1) is 0 Å². The van der Waals surface area contributed by atoms with E-state index in [1.54, 1.807) is 11.3 Å². The van der Waals surface area contributed by atoms with Crippen molar-refractivity contribution in [3.05, 3.63) is 158 Å². The van der Waals surface area contributed by atoms with Gasteiger partial charge in [-0.15, -0.1) is 11.3 Å². The lowest BCUT2D eigenvalue weighted by molar-refractivity contribution is 0.487. The molecule has 9 aromatic rings. The van der Waals surface area contributed by atoms with E-state index in [4.69, 9.17) is 14.7 Å². The molecule has 0 saturated heterocycles. The molecule has 1 aliphatic heterocycles. The monoisotopic (exact) mass is 630 g/mol. The largest absolute Gasteiger partial charge is 0.456 e. The summed E-state index contributed by atoms with van der Waals surface area (Å²) in [5, 5.41) is 3.45. The third-order valence-electron chi connectivity index (χ3n) is 9.32. The summed E-state index contributed by atoms with van der Waals surface area (Å²) in [6.07, 6.45) is 0. The molecule has 2 aromatic heterocycles. The van der Waals surface area contributed by atoms with E-state index in [2.05, 4.69) is 152 Å². The summed E-state index contributed by atoms with van der Waals surface area (Å²) < 4.78 is 8.85. The predicted molar refractivity (Wildman–Crippen MR) is 200 cm³/mol. The van der Waals surface area contributed by atoms with Gasteiger partial charge >= 0.3 is 0 Å². The highest BCUT2D eigenvalue weighted by Gasteiger charge is 2.23. The number of rotatable bonds is 4. The summed E-state index contributed by atoms with van der Waals surface area (Å²) in [6, 6.07) is 55.4. The first-order chi connectivity index (χ1) is 23.8. The zero-order valence-corrected chi connectivity index (χ0v) is 26.5. The first kappa shape index (κ1) is 27.1. The molecule has 7 aromatic carbocycles. The highest BCUT2D eigenvalue weighted by atomic mass is 32.1. The van der Waals surface area contributed by atoms with Gasteiger partial charge in [-0.25, -0.2) is 9.97 Å². The molecule has 224 valence electrons. The molecular weight excluding hydrogens is 605 g/mol. The fraction of sp³-hybridized carbons (Fsp3) is 0. The number of aromatic nitrogens is 2. The number of nitrogens with zero attached hydrogens (tertiary/aromatic N) is 2. The number of thiophene rings is 1. The van der Waals surface area contributed by atoms with E-state index in [9.17, 15) is 0 Å². The van der Waals surface area contributed by atoms with E-state index in [1.807, 2.05) is 6.07 Å². The summed E-state index contributed by atoms with van der Waals surface area (Å²) in [5.74, 6) is 2.42. The van der Waals surface area contributed by atoms with Gasteiger partial charge in [0, 0.05) is 32.2 Å².